The summed E-state index contributed by atoms with van der Waals surface area (Å²) in [6.07, 6.45) is 0. The Balaban J connectivity index is 1.88. The SMILES string of the molecule is Cc1ccc(C(N)c2ccc3oc4ccccc4c3c2)s1. The predicted molar refractivity (Wildman–Crippen MR) is 88.8 cm³/mol. The average molecular weight is 293 g/mol. The van der Waals surface area contributed by atoms with E-state index >= 15 is 0 Å². The van der Waals surface area contributed by atoms with Crippen LogP contribution < -0.4 is 5.73 Å². The second-order valence-electron chi connectivity index (χ2n) is 5.28. The van der Waals surface area contributed by atoms with Crippen LogP contribution in [-0.2, 0) is 0 Å². The van der Waals surface area contributed by atoms with Crippen LogP contribution in [0, 0.1) is 6.92 Å². The minimum Gasteiger partial charge on any atom is -0.456 e. The lowest BCUT2D eigenvalue weighted by Crippen LogP contribution is -2.09. The summed E-state index contributed by atoms with van der Waals surface area (Å²) in [6.45, 7) is 2.10. The van der Waals surface area contributed by atoms with E-state index in [0.29, 0.717) is 0 Å². The van der Waals surface area contributed by atoms with Crippen molar-refractivity contribution >= 4 is 33.3 Å². The molecule has 104 valence electrons. The van der Waals surface area contributed by atoms with Crippen LogP contribution in [0.2, 0.25) is 0 Å². The van der Waals surface area contributed by atoms with Gasteiger partial charge in [0.1, 0.15) is 11.2 Å². The molecule has 0 fully saturated rings. The Labute approximate surface area is 126 Å². The third-order valence-corrected chi connectivity index (χ3v) is 4.91. The molecule has 0 aliphatic rings. The van der Waals surface area contributed by atoms with Crippen LogP contribution in [-0.4, -0.2) is 0 Å². The van der Waals surface area contributed by atoms with E-state index in [-0.39, 0.29) is 6.04 Å². The second-order valence-corrected chi connectivity index (χ2v) is 6.60. The Kier molecular flexibility index (Phi) is 2.84. The van der Waals surface area contributed by atoms with Gasteiger partial charge in [0, 0.05) is 20.5 Å². The Morgan fingerprint density at radius 2 is 1.76 bits per heavy atom. The molecule has 2 aromatic heterocycles. The van der Waals surface area contributed by atoms with E-state index in [0.717, 1.165) is 27.5 Å². The van der Waals surface area contributed by atoms with Crippen LogP contribution in [0.4, 0.5) is 0 Å². The molecule has 0 spiro atoms. The smallest absolute Gasteiger partial charge is 0.135 e. The third-order valence-electron chi connectivity index (χ3n) is 3.83. The van der Waals surface area contributed by atoms with Gasteiger partial charge in [-0.2, -0.15) is 0 Å². The lowest BCUT2D eigenvalue weighted by atomic mass is 10.0. The predicted octanol–water partition coefficient (Wildman–Crippen LogP) is 5.00. The van der Waals surface area contributed by atoms with Crippen molar-refractivity contribution in [3.8, 4) is 0 Å². The van der Waals surface area contributed by atoms with Crippen LogP contribution in [0.1, 0.15) is 21.4 Å². The summed E-state index contributed by atoms with van der Waals surface area (Å²) < 4.78 is 5.86. The molecule has 1 unspecified atom stereocenters. The van der Waals surface area contributed by atoms with Gasteiger partial charge in [-0.15, -0.1) is 11.3 Å². The molecular formula is C18H15NOS. The lowest BCUT2D eigenvalue weighted by molar-refractivity contribution is 0.668. The molecular weight excluding hydrogens is 278 g/mol. The topological polar surface area (TPSA) is 39.2 Å². The summed E-state index contributed by atoms with van der Waals surface area (Å²) in [5.74, 6) is 0. The van der Waals surface area contributed by atoms with Crippen molar-refractivity contribution in [2.24, 2.45) is 5.73 Å². The van der Waals surface area contributed by atoms with E-state index in [9.17, 15) is 0 Å². The molecule has 0 bridgehead atoms. The van der Waals surface area contributed by atoms with E-state index in [1.54, 1.807) is 11.3 Å². The number of hydrogen-bond acceptors (Lipinski definition) is 3. The molecule has 0 radical (unpaired) electrons. The molecule has 0 saturated carbocycles. The molecule has 1 atom stereocenters. The summed E-state index contributed by atoms with van der Waals surface area (Å²) >= 11 is 1.75. The quantitative estimate of drug-likeness (QED) is 0.564. The van der Waals surface area contributed by atoms with E-state index in [4.69, 9.17) is 10.2 Å². The number of rotatable bonds is 2. The molecule has 4 aromatic rings. The highest BCUT2D eigenvalue weighted by Crippen LogP contribution is 2.32. The van der Waals surface area contributed by atoms with Gasteiger partial charge in [-0.05, 0) is 42.8 Å². The molecule has 21 heavy (non-hydrogen) atoms. The first-order valence-electron chi connectivity index (χ1n) is 6.95. The number of aryl methyl sites for hydroxylation is 1. The third kappa shape index (κ3) is 2.06. The standard InChI is InChI=1S/C18H15NOS/c1-11-6-9-17(21-11)18(19)12-7-8-16-14(10-12)13-4-2-3-5-15(13)20-16/h2-10,18H,19H2,1H3. The first kappa shape index (κ1) is 12.6. The zero-order valence-corrected chi connectivity index (χ0v) is 12.5. The summed E-state index contributed by atoms with van der Waals surface area (Å²) in [7, 11) is 0. The van der Waals surface area contributed by atoms with Crippen molar-refractivity contribution in [2.75, 3.05) is 0 Å². The number of fused-ring (bicyclic) bond motifs is 3. The normalized spacial score (nSPS) is 13.0. The van der Waals surface area contributed by atoms with Gasteiger partial charge < -0.3 is 10.2 Å². The highest BCUT2D eigenvalue weighted by atomic mass is 32.1. The first-order chi connectivity index (χ1) is 10.2. The Hall–Kier alpha value is -2.10. The fourth-order valence-corrected chi connectivity index (χ4v) is 3.63. The molecule has 2 N–H and O–H groups in total. The molecule has 4 rings (SSSR count). The van der Waals surface area contributed by atoms with Gasteiger partial charge in [0.2, 0.25) is 0 Å². The van der Waals surface area contributed by atoms with Crippen molar-refractivity contribution in [2.45, 2.75) is 13.0 Å². The summed E-state index contributed by atoms with van der Waals surface area (Å²) in [5, 5.41) is 2.27. The maximum atomic E-state index is 6.41. The monoisotopic (exact) mass is 293 g/mol. The van der Waals surface area contributed by atoms with E-state index in [1.807, 2.05) is 24.3 Å². The molecule has 0 saturated heterocycles. The first-order valence-corrected chi connectivity index (χ1v) is 7.77. The van der Waals surface area contributed by atoms with Gasteiger partial charge in [0.05, 0.1) is 6.04 Å². The summed E-state index contributed by atoms with van der Waals surface area (Å²) in [6, 6.07) is 18.5. The zero-order valence-electron chi connectivity index (χ0n) is 11.7. The number of benzene rings is 2. The number of thiophene rings is 1. The molecule has 0 aliphatic carbocycles. The highest BCUT2D eigenvalue weighted by Gasteiger charge is 2.13. The Morgan fingerprint density at radius 3 is 2.57 bits per heavy atom. The molecule has 2 heterocycles. The van der Waals surface area contributed by atoms with Crippen LogP contribution in [0.25, 0.3) is 21.9 Å². The average Bonchev–Trinajstić information content (AvgIpc) is 3.09. The van der Waals surface area contributed by atoms with Gasteiger partial charge >= 0.3 is 0 Å². The summed E-state index contributed by atoms with van der Waals surface area (Å²) in [4.78, 5) is 2.48. The number of hydrogen-bond donors (Lipinski definition) is 1. The largest absolute Gasteiger partial charge is 0.456 e. The fraction of sp³-hybridized carbons (Fsp3) is 0.111. The number of para-hydroxylation sites is 1. The van der Waals surface area contributed by atoms with Gasteiger partial charge in [-0.1, -0.05) is 24.3 Å². The van der Waals surface area contributed by atoms with E-state index < -0.39 is 0 Å². The lowest BCUT2D eigenvalue weighted by Gasteiger charge is -2.09. The molecule has 3 heteroatoms. The van der Waals surface area contributed by atoms with E-state index in [1.165, 1.54) is 9.75 Å². The van der Waals surface area contributed by atoms with Gasteiger partial charge in [-0.25, -0.2) is 0 Å². The number of furan rings is 1. The van der Waals surface area contributed by atoms with Gasteiger partial charge in [-0.3, -0.25) is 0 Å². The van der Waals surface area contributed by atoms with Crippen LogP contribution in [0.5, 0.6) is 0 Å². The maximum absolute atomic E-state index is 6.41. The van der Waals surface area contributed by atoms with Crippen molar-refractivity contribution < 1.29 is 4.42 Å². The van der Waals surface area contributed by atoms with Crippen molar-refractivity contribution in [1.82, 2.24) is 0 Å². The maximum Gasteiger partial charge on any atom is 0.135 e. The molecule has 2 nitrogen and oxygen atoms in total. The summed E-state index contributed by atoms with van der Waals surface area (Å²) in [5.41, 5.74) is 9.37. The minimum absolute atomic E-state index is 0.0817. The van der Waals surface area contributed by atoms with Crippen LogP contribution in [0.15, 0.2) is 59.0 Å². The van der Waals surface area contributed by atoms with Crippen LogP contribution >= 0.6 is 11.3 Å². The van der Waals surface area contributed by atoms with Crippen molar-refractivity contribution in [1.29, 1.82) is 0 Å². The van der Waals surface area contributed by atoms with Gasteiger partial charge in [0.15, 0.2) is 0 Å². The van der Waals surface area contributed by atoms with Crippen molar-refractivity contribution in [3.63, 3.8) is 0 Å². The Bertz CT molecular complexity index is 935. The molecule has 0 aliphatic heterocycles. The zero-order chi connectivity index (χ0) is 14.4. The molecule has 0 amide bonds. The fourth-order valence-electron chi connectivity index (χ4n) is 2.72. The van der Waals surface area contributed by atoms with Gasteiger partial charge in [0.25, 0.3) is 0 Å². The molecule has 2 aromatic carbocycles. The van der Waals surface area contributed by atoms with Crippen molar-refractivity contribution in [3.05, 3.63) is 69.9 Å². The highest BCUT2D eigenvalue weighted by molar-refractivity contribution is 7.12. The minimum atomic E-state index is -0.0817. The van der Waals surface area contributed by atoms with Crippen LogP contribution in [0.3, 0.4) is 0 Å². The second kappa shape index (κ2) is 4.72. The Morgan fingerprint density at radius 1 is 0.952 bits per heavy atom. The number of nitrogens with two attached hydrogens (primary N) is 1. The van der Waals surface area contributed by atoms with E-state index in [2.05, 4.69) is 37.3 Å².